The molecule has 3 heterocycles. The van der Waals surface area contributed by atoms with Crippen molar-refractivity contribution in [1.82, 2.24) is 14.7 Å². The lowest BCUT2D eigenvalue weighted by Gasteiger charge is -2.02. The molecule has 1 N–H and O–H groups in total. The largest absolute Gasteiger partial charge is 0.350 e. The second-order valence-electron chi connectivity index (χ2n) is 5.02. The molecule has 118 valence electrons. The number of imidazole rings is 1. The molecule has 7 heteroatoms. The van der Waals surface area contributed by atoms with Crippen molar-refractivity contribution in [3.8, 4) is 0 Å². The van der Waals surface area contributed by atoms with Crippen molar-refractivity contribution >= 4 is 40.3 Å². The van der Waals surface area contributed by atoms with Gasteiger partial charge in [-0.05, 0) is 23.6 Å². The van der Waals surface area contributed by atoms with Crippen molar-refractivity contribution in [2.24, 2.45) is 0 Å². The number of hydrogen-bond donors (Lipinski definition) is 1. The standard InChI is InChI=1S/C16H14ClN3O2S/c17-11-3-5-15-19-12(10-20(15)9-11)8-18-16(22)6-4-13(21)14-2-1-7-23-14/h1-3,5,7,9-10H,4,6,8H2,(H,18,22). The van der Waals surface area contributed by atoms with Crippen molar-refractivity contribution in [3.63, 3.8) is 0 Å². The second-order valence-corrected chi connectivity index (χ2v) is 6.41. The van der Waals surface area contributed by atoms with Crippen molar-refractivity contribution < 1.29 is 9.59 Å². The van der Waals surface area contributed by atoms with Gasteiger partial charge in [0, 0.05) is 25.2 Å². The lowest BCUT2D eigenvalue weighted by molar-refractivity contribution is -0.121. The van der Waals surface area contributed by atoms with Gasteiger partial charge in [-0.25, -0.2) is 4.98 Å². The lowest BCUT2D eigenvalue weighted by Crippen LogP contribution is -2.23. The quantitative estimate of drug-likeness (QED) is 0.696. The van der Waals surface area contributed by atoms with Gasteiger partial charge in [-0.1, -0.05) is 17.7 Å². The maximum absolute atomic E-state index is 11.8. The number of carbonyl (C=O) groups is 2. The van der Waals surface area contributed by atoms with Crippen molar-refractivity contribution in [3.05, 3.63) is 57.6 Å². The third-order valence-corrected chi connectivity index (χ3v) is 4.44. The summed E-state index contributed by atoms with van der Waals surface area (Å²) in [6.45, 7) is 0.325. The highest BCUT2D eigenvalue weighted by molar-refractivity contribution is 7.12. The van der Waals surface area contributed by atoms with E-state index in [1.807, 2.05) is 28.1 Å². The summed E-state index contributed by atoms with van der Waals surface area (Å²) in [5.74, 6) is -0.164. The van der Waals surface area contributed by atoms with Crippen LogP contribution >= 0.6 is 22.9 Å². The number of Topliss-reactive ketones (excluding diaryl/α,β-unsaturated/α-hetero) is 1. The summed E-state index contributed by atoms with van der Waals surface area (Å²) in [7, 11) is 0. The van der Waals surface area contributed by atoms with Crippen LogP contribution in [0.1, 0.15) is 28.2 Å². The van der Waals surface area contributed by atoms with Crippen LogP contribution in [0.2, 0.25) is 5.02 Å². The molecule has 0 spiro atoms. The van der Waals surface area contributed by atoms with E-state index in [0.717, 1.165) is 11.3 Å². The molecule has 23 heavy (non-hydrogen) atoms. The first-order valence-corrected chi connectivity index (χ1v) is 8.34. The van der Waals surface area contributed by atoms with E-state index in [-0.39, 0.29) is 24.5 Å². The topological polar surface area (TPSA) is 63.5 Å². The van der Waals surface area contributed by atoms with E-state index < -0.39 is 0 Å². The first-order valence-electron chi connectivity index (χ1n) is 7.08. The zero-order valence-corrected chi connectivity index (χ0v) is 13.7. The Labute approximate surface area is 141 Å². The highest BCUT2D eigenvalue weighted by Crippen LogP contribution is 2.13. The Hall–Kier alpha value is -2.18. The maximum Gasteiger partial charge on any atom is 0.220 e. The molecule has 0 bridgehead atoms. The first-order chi connectivity index (χ1) is 11.1. The number of amides is 1. The summed E-state index contributed by atoms with van der Waals surface area (Å²) >= 11 is 7.31. The fraction of sp³-hybridized carbons (Fsp3) is 0.188. The molecule has 3 aromatic heterocycles. The average Bonchev–Trinajstić information content (AvgIpc) is 3.19. The Balaban J connectivity index is 1.51. The molecule has 1 amide bonds. The minimum atomic E-state index is -0.162. The monoisotopic (exact) mass is 347 g/mol. The molecule has 0 fully saturated rings. The van der Waals surface area contributed by atoms with Crippen LogP contribution in [-0.4, -0.2) is 21.1 Å². The first kappa shape index (κ1) is 15.7. The number of nitrogens with zero attached hydrogens (tertiary/aromatic N) is 2. The van der Waals surface area contributed by atoms with Crippen molar-refractivity contribution in [2.45, 2.75) is 19.4 Å². The molecule has 0 saturated carbocycles. The van der Waals surface area contributed by atoms with Gasteiger partial charge in [0.05, 0.1) is 22.1 Å². The molecule has 0 saturated heterocycles. The summed E-state index contributed by atoms with van der Waals surface area (Å²) in [6.07, 6.45) is 3.97. The Morgan fingerprint density at radius 1 is 1.22 bits per heavy atom. The van der Waals surface area contributed by atoms with Gasteiger partial charge >= 0.3 is 0 Å². The van der Waals surface area contributed by atoms with Gasteiger partial charge in [0.15, 0.2) is 5.78 Å². The highest BCUT2D eigenvalue weighted by atomic mass is 35.5. The number of hydrogen-bond acceptors (Lipinski definition) is 4. The number of fused-ring (bicyclic) bond motifs is 1. The number of rotatable bonds is 6. The Morgan fingerprint density at radius 3 is 2.87 bits per heavy atom. The van der Waals surface area contributed by atoms with Crippen LogP contribution in [-0.2, 0) is 11.3 Å². The third kappa shape index (κ3) is 3.97. The summed E-state index contributed by atoms with van der Waals surface area (Å²) < 4.78 is 1.81. The number of ketones is 1. The summed E-state index contributed by atoms with van der Waals surface area (Å²) in [6, 6.07) is 7.18. The number of halogens is 1. The molecule has 3 aromatic rings. The van der Waals surface area contributed by atoms with Gasteiger partial charge in [0.2, 0.25) is 5.91 Å². The maximum atomic E-state index is 11.8. The molecule has 0 aliphatic heterocycles. The van der Waals surface area contributed by atoms with Crippen LogP contribution < -0.4 is 5.32 Å². The highest BCUT2D eigenvalue weighted by Gasteiger charge is 2.10. The van der Waals surface area contributed by atoms with Crippen LogP contribution in [0.5, 0.6) is 0 Å². The van der Waals surface area contributed by atoms with Crippen LogP contribution in [0, 0.1) is 0 Å². The molecule has 0 aromatic carbocycles. The van der Waals surface area contributed by atoms with Gasteiger partial charge in [-0.2, -0.15) is 0 Å². The van der Waals surface area contributed by atoms with Crippen LogP contribution in [0.3, 0.4) is 0 Å². The Morgan fingerprint density at radius 2 is 2.09 bits per heavy atom. The molecular formula is C16H14ClN3O2S. The molecule has 0 aliphatic carbocycles. The average molecular weight is 348 g/mol. The number of aromatic nitrogens is 2. The van der Waals surface area contributed by atoms with Gasteiger partial charge in [-0.15, -0.1) is 11.3 Å². The molecule has 0 unspecified atom stereocenters. The second kappa shape index (κ2) is 6.93. The SMILES string of the molecule is O=C(CCC(=O)c1cccs1)NCc1cn2cc(Cl)ccc2n1. The number of thiophene rings is 1. The van der Waals surface area contributed by atoms with E-state index >= 15 is 0 Å². The number of carbonyl (C=O) groups excluding carboxylic acids is 2. The van der Waals surface area contributed by atoms with E-state index in [1.165, 1.54) is 11.3 Å². The zero-order chi connectivity index (χ0) is 16.2. The van der Waals surface area contributed by atoms with E-state index in [9.17, 15) is 9.59 Å². The van der Waals surface area contributed by atoms with Gasteiger partial charge in [-0.3, -0.25) is 9.59 Å². The van der Waals surface area contributed by atoms with Crippen LogP contribution in [0.15, 0.2) is 42.0 Å². The third-order valence-electron chi connectivity index (χ3n) is 3.31. The van der Waals surface area contributed by atoms with E-state index in [0.29, 0.717) is 16.4 Å². The minimum Gasteiger partial charge on any atom is -0.350 e. The fourth-order valence-electron chi connectivity index (χ4n) is 2.17. The smallest absolute Gasteiger partial charge is 0.220 e. The van der Waals surface area contributed by atoms with Crippen LogP contribution in [0.25, 0.3) is 5.65 Å². The molecule has 0 radical (unpaired) electrons. The van der Waals surface area contributed by atoms with Crippen LogP contribution in [0.4, 0.5) is 0 Å². The number of nitrogens with one attached hydrogen (secondary N) is 1. The van der Waals surface area contributed by atoms with Crippen molar-refractivity contribution in [1.29, 1.82) is 0 Å². The van der Waals surface area contributed by atoms with E-state index in [1.54, 1.807) is 18.3 Å². The fourth-order valence-corrected chi connectivity index (χ4v) is 3.03. The predicted molar refractivity (Wildman–Crippen MR) is 89.9 cm³/mol. The lowest BCUT2D eigenvalue weighted by atomic mass is 10.2. The normalized spacial score (nSPS) is 10.8. The van der Waals surface area contributed by atoms with Gasteiger partial charge in [0.1, 0.15) is 5.65 Å². The summed E-state index contributed by atoms with van der Waals surface area (Å²) in [5.41, 5.74) is 1.51. The molecule has 0 atom stereocenters. The number of pyridine rings is 1. The van der Waals surface area contributed by atoms with Crippen molar-refractivity contribution in [2.75, 3.05) is 0 Å². The molecule has 3 rings (SSSR count). The Bertz CT molecular complexity index is 842. The van der Waals surface area contributed by atoms with E-state index in [4.69, 9.17) is 11.6 Å². The zero-order valence-electron chi connectivity index (χ0n) is 12.2. The van der Waals surface area contributed by atoms with E-state index in [2.05, 4.69) is 10.3 Å². The molecule has 0 aliphatic rings. The van der Waals surface area contributed by atoms with Gasteiger partial charge < -0.3 is 9.72 Å². The van der Waals surface area contributed by atoms with Gasteiger partial charge in [0.25, 0.3) is 0 Å². The Kier molecular flexibility index (Phi) is 4.73. The summed E-state index contributed by atoms with van der Waals surface area (Å²) in [4.78, 5) is 28.8. The predicted octanol–water partition coefficient (Wildman–Crippen LogP) is 3.33. The molecular weight excluding hydrogens is 334 g/mol. The molecule has 5 nitrogen and oxygen atoms in total. The minimum absolute atomic E-state index is 0.00229. The summed E-state index contributed by atoms with van der Waals surface area (Å²) in [5, 5.41) is 5.25.